The first kappa shape index (κ1) is 18.5. The second-order valence-electron chi connectivity index (χ2n) is 7.76. The van der Waals surface area contributed by atoms with Crippen molar-refractivity contribution in [1.29, 1.82) is 0 Å². The fourth-order valence-corrected chi connectivity index (χ4v) is 4.93. The number of aliphatic hydroxyl groups excluding tert-OH is 1. The lowest BCUT2D eigenvalue weighted by Crippen LogP contribution is -2.42. The fraction of sp³-hybridized carbons (Fsp3) is 0.625. The highest BCUT2D eigenvalue weighted by Crippen LogP contribution is 2.46. The van der Waals surface area contributed by atoms with E-state index >= 15 is 0 Å². The Morgan fingerprint density at radius 3 is 2.57 bits per heavy atom. The van der Waals surface area contributed by atoms with Gasteiger partial charge in [0.05, 0.1) is 11.1 Å². The van der Waals surface area contributed by atoms with Crippen molar-refractivity contribution in [1.82, 2.24) is 0 Å². The molecule has 0 radical (unpaired) electrons. The van der Waals surface area contributed by atoms with Crippen LogP contribution in [0.15, 0.2) is 23.1 Å². The third kappa shape index (κ3) is 4.83. The summed E-state index contributed by atoms with van der Waals surface area (Å²) in [6, 6.07) is 4.70. The Morgan fingerprint density at radius 1 is 1.35 bits per heavy atom. The fourth-order valence-electron chi connectivity index (χ4n) is 3.86. The highest BCUT2D eigenvalue weighted by molar-refractivity contribution is 7.89. The molecule has 0 spiro atoms. The number of anilines is 1. The molecule has 1 aromatic carbocycles. The number of nitrogens with two attached hydrogens (primary N) is 1. The van der Waals surface area contributed by atoms with Gasteiger partial charge in [-0.25, -0.2) is 13.6 Å². The number of sulfonamides is 1. The average Bonchev–Trinajstić information content (AvgIpc) is 2.33. The van der Waals surface area contributed by atoms with Gasteiger partial charge in [0.15, 0.2) is 0 Å². The topological polar surface area (TPSA) is 92.4 Å². The van der Waals surface area contributed by atoms with Gasteiger partial charge in [0.1, 0.15) is 4.90 Å². The van der Waals surface area contributed by atoms with E-state index in [0.717, 1.165) is 19.3 Å². The van der Waals surface area contributed by atoms with Crippen LogP contribution in [-0.2, 0) is 10.0 Å². The lowest BCUT2D eigenvalue weighted by molar-refractivity contribution is -0.00317. The second kappa shape index (κ2) is 6.24. The molecule has 0 saturated heterocycles. The van der Waals surface area contributed by atoms with Crippen molar-refractivity contribution in [3.05, 3.63) is 23.2 Å². The molecule has 23 heavy (non-hydrogen) atoms. The molecule has 0 bridgehead atoms. The summed E-state index contributed by atoms with van der Waals surface area (Å²) in [7, 11) is -3.85. The van der Waals surface area contributed by atoms with Crippen molar-refractivity contribution >= 4 is 27.3 Å². The number of benzene rings is 1. The Labute approximate surface area is 143 Å². The summed E-state index contributed by atoms with van der Waals surface area (Å²) in [4.78, 5) is -0.0849. The summed E-state index contributed by atoms with van der Waals surface area (Å²) in [6.07, 6.45) is 2.20. The van der Waals surface area contributed by atoms with E-state index in [4.69, 9.17) is 16.7 Å². The Hall–Kier alpha value is -0.820. The third-order valence-corrected chi connectivity index (χ3v) is 5.77. The summed E-state index contributed by atoms with van der Waals surface area (Å²) in [5, 5.41) is 18.7. The molecule has 2 atom stereocenters. The van der Waals surface area contributed by atoms with Crippen molar-refractivity contribution in [2.24, 2.45) is 16.0 Å². The molecule has 0 aliphatic heterocycles. The predicted octanol–water partition coefficient (Wildman–Crippen LogP) is 2.98. The highest BCUT2D eigenvalue weighted by atomic mass is 35.5. The smallest absolute Gasteiger partial charge is 0.239 e. The van der Waals surface area contributed by atoms with E-state index in [0.29, 0.717) is 12.2 Å². The molecule has 1 fully saturated rings. The number of aliphatic hydroxyl groups is 1. The Morgan fingerprint density at radius 2 is 2.00 bits per heavy atom. The first-order valence-electron chi connectivity index (χ1n) is 7.65. The second-order valence-corrected chi connectivity index (χ2v) is 9.69. The van der Waals surface area contributed by atoms with Crippen LogP contribution >= 0.6 is 11.6 Å². The summed E-state index contributed by atoms with van der Waals surface area (Å²) < 4.78 is 23.1. The zero-order valence-electron chi connectivity index (χ0n) is 13.8. The van der Waals surface area contributed by atoms with Crippen LogP contribution in [0.3, 0.4) is 0 Å². The zero-order valence-corrected chi connectivity index (χ0v) is 15.3. The van der Waals surface area contributed by atoms with Crippen molar-refractivity contribution in [3.63, 3.8) is 0 Å². The lowest BCUT2D eigenvalue weighted by atomic mass is 9.63. The molecule has 1 aliphatic carbocycles. The van der Waals surface area contributed by atoms with Crippen LogP contribution < -0.4 is 10.5 Å². The standard InChI is InChI=1S/C16H25ClN2O3S/c1-15(2)7-12(20)8-16(3,9-15)10-19-11-4-5-13(17)14(6-11)23(18,21)22/h4-6,12,19-20H,7-10H2,1-3H3,(H2,18,21,22)/t12-,16-/m0/s1. The molecule has 7 heteroatoms. The Kier molecular flexibility index (Phi) is 5.02. The largest absolute Gasteiger partial charge is 0.393 e. The minimum absolute atomic E-state index is 0.0669. The van der Waals surface area contributed by atoms with Gasteiger partial charge in [0.25, 0.3) is 0 Å². The molecule has 1 aromatic rings. The van der Waals surface area contributed by atoms with E-state index in [9.17, 15) is 13.5 Å². The van der Waals surface area contributed by atoms with Crippen molar-refractivity contribution in [3.8, 4) is 0 Å². The van der Waals surface area contributed by atoms with Crippen LogP contribution in [0, 0.1) is 10.8 Å². The summed E-state index contributed by atoms with van der Waals surface area (Å²) in [6.45, 7) is 7.10. The molecule has 0 heterocycles. The molecule has 2 rings (SSSR count). The van der Waals surface area contributed by atoms with E-state index in [2.05, 4.69) is 26.1 Å². The maximum atomic E-state index is 11.5. The minimum atomic E-state index is -3.85. The Balaban J connectivity index is 2.15. The molecule has 0 amide bonds. The van der Waals surface area contributed by atoms with Gasteiger partial charge >= 0.3 is 0 Å². The highest BCUT2D eigenvalue weighted by Gasteiger charge is 2.40. The first-order valence-corrected chi connectivity index (χ1v) is 9.57. The van der Waals surface area contributed by atoms with Crippen molar-refractivity contribution < 1.29 is 13.5 Å². The first-order chi connectivity index (χ1) is 10.4. The number of hydrogen-bond donors (Lipinski definition) is 3. The lowest BCUT2D eigenvalue weighted by Gasteiger charge is -2.45. The molecule has 5 nitrogen and oxygen atoms in total. The number of rotatable bonds is 4. The van der Waals surface area contributed by atoms with Gasteiger partial charge in [-0.1, -0.05) is 32.4 Å². The summed E-state index contributed by atoms with van der Waals surface area (Å²) in [5.41, 5.74) is 0.667. The molecule has 0 aromatic heterocycles. The number of primary sulfonamides is 1. The van der Waals surface area contributed by atoms with E-state index in [1.807, 2.05) is 0 Å². The monoisotopic (exact) mass is 360 g/mol. The average molecular weight is 361 g/mol. The van der Waals surface area contributed by atoms with Gasteiger partial charge < -0.3 is 10.4 Å². The van der Waals surface area contributed by atoms with Crippen LogP contribution in [0.1, 0.15) is 40.0 Å². The van der Waals surface area contributed by atoms with Gasteiger partial charge in [0, 0.05) is 12.2 Å². The van der Waals surface area contributed by atoms with E-state index in [-0.39, 0.29) is 26.9 Å². The van der Waals surface area contributed by atoms with Crippen LogP contribution in [0.4, 0.5) is 5.69 Å². The van der Waals surface area contributed by atoms with E-state index in [1.165, 1.54) is 12.1 Å². The molecule has 0 unspecified atom stereocenters. The maximum Gasteiger partial charge on any atom is 0.239 e. The molecular formula is C16H25ClN2O3S. The van der Waals surface area contributed by atoms with Crippen LogP contribution in [0.25, 0.3) is 0 Å². The Bertz CT molecular complexity index is 691. The number of halogens is 1. The molecule has 1 saturated carbocycles. The van der Waals surface area contributed by atoms with Gasteiger partial charge in [0.2, 0.25) is 10.0 Å². The van der Waals surface area contributed by atoms with Crippen LogP contribution in [0.5, 0.6) is 0 Å². The summed E-state index contributed by atoms with van der Waals surface area (Å²) >= 11 is 5.89. The maximum absolute atomic E-state index is 11.5. The normalized spacial score (nSPS) is 27.7. The number of nitrogens with one attached hydrogen (secondary N) is 1. The molecule has 1 aliphatic rings. The molecule has 4 N–H and O–H groups in total. The van der Waals surface area contributed by atoms with Crippen molar-refractivity contribution in [2.45, 2.75) is 51.0 Å². The third-order valence-electron chi connectivity index (χ3n) is 4.38. The zero-order chi connectivity index (χ0) is 17.5. The minimum Gasteiger partial charge on any atom is -0.393 e. The SMILES string of the molecule is CC1(C)C[C@H](O)C[C@](C)(CNc2ccc(Cl)c(S(N)(=O)=O)c2)C1. The van der Waals surface area contributed by atoms with Gasteiger partial charge in [-0.05, 0) is 48.3 Å². The van der Waals surface area contributed by atoms with E-state index < -0.39 is 10.0 Å². The molecular weight excluding hydrogens is 336 g/mol. The van der Waals surface area contributed by atoms with Gasteiger partial charge in [-0.3, -0.25) is 0 Å². The summed E-state index contributed by atoms with van der Waals surface area (Å²) in [5.74, 6) is 0. The van der Waals surface area contributed by atoms with E-state index in [1.54, 1.807) is 6.07 Å². The quantitative estimate of drug-likeness (QED) is 0.769. The van der Waals surface area contributed by atoms with Gasteiger partial charge in [-0.15, -0.1) is 0 Å². The van der Waals surface area contributed by atoms with Gasteiger partial charge in [-0.2, -0.15) is 0 Å². The van der Waals surface area contributed by atoms with Crippen LogP contribution in [0.2, 0.25) is 5.02 Å². The predicted molar refractivity (Wildman–Crippen MR) is 93.1 cm³/mol. The number of hydrogen-bond acceptors (Lipinski definition) is 4. The van der Waals surface area contributed by atoms with Crippen LogP contribution in [-0.4, -0.2) is 26.2 Å². The molecule has 130 valence electrons. The van der Waals surface area contributed by atoms with Crippen molar-refractivity contribution in [2.75, 3.05) is 11.9 Å².